The lowest BCUT2D eigenvalue weighted by Crippen LogP contribution is -2.41. The molecule has 0 aliphatic carbocycles. The van der Waals surface area contributed by atoms with Crippen LogP contribution in [0.2, 0.25) is 0 Å². The summed E-state index contributed by atoms with van der Waals surface area (Å²) in [6.45, 7) is 9.67. The van der Waals surface area contributed by atoms with Gasteiger partial charge in [0.2, 0.25) is 5.91 Å². The van der Waals surface area contributed by atoms with E-state index in [0.29, 0.717) is 5.96 Å². The van der Waals surface area contributed by atoms with E-state index in [9.17, 15) is 4.79 Å². The molecule has 2 rings (SSSR count). The largest absolute Gasteiger partial charge is 0.357 e. The second kappa shape index (κ2) is 9.61. The fourth-order valence-electron chi connectivity index (χ4n) is 2.67. The van der Waals surface area contributed by atoms with Gasteiger partial charge >= 0.3 is 0 Å². The van der Waals surface area contributed by atoms with Gasteiger partial charge in [0.1, 0.15) is 6.54 Å². The van der Waals surface area contributed by atoms with Gasteiger partial charge in [0.05, 0.1) is 10.7 Å². The first-order valence-electron chi connectivity index (χ1n) is 8.83. The zero-order valence-electron chi connectivity index (χ0n) is 15.0. The summed E-state index contributed by atoms with van der Waals surface area (Å²) in [5.74, 6) is 0.825. The molecule has 1 aromatic heterocycles. The number of likely N-dealkylation sites (tertiary alicyclic amines) is 1. The van der Waals surface area contributed by atoms with Crippen molar-refractivity contribution in [3.63, 3.8) is 0 Å². The minimum atomic E-state index is 0.123. The van der Waals surface area contributed by atoms with Crippen LogP contribution < -0.4 is 10.6 Å². The fraction of sp³-hybridized carbons (Fsp3) is 0.706. The van der Waals surface area contributed by atoms with E-state index in [2.05, 4.69) is 27.5 Å². The lowest BCUT2D eigenvalue weighted by Gasteiger charge is -2.26. The molecule has 0 aromatic carbocycles. The van der Waals surface area contributed by atoms with Crippen molar-refractivity contribution in [1.82, 2.24) is 20.5 Å². The van der Waals surface area contributed by atoms with Crippen LogP contribution in [0.4, 0.5) is 0 Å². The third-order valence-corrected chi connectivity index (χ3v) is 5.26. The Kier molecular flexibility index (Phi) is 7.49. The van der Waals surface area contributed by atoms with Gasteiger partial charge in [-0.1, -0.05) is 0 Å². The first-order valence-corrected chi connectivity index (χ1v) is 9.64. The van der Waals surface area contributed by atoms with Crippen LogP contribution in [-0.2, 0) is 11.2 Å². The Balaban J connectivity index is 1.80. The van der Waals surface area contributed by atoms with Gasteiger partial charge in [0, 0.05) is 37.5 Å². The number of hydrogen-bond donors (Lipinski definition) is 2. The van der Waals surface area contributed by atoms with Crippen molar-refractivity contribution in [2.45, 2.75) is 46.5 Å². The van der Waals surface area contributed by atoms with Crippen LogP contribution in [0.15, 0.2) is 4.99 Å². The smallest absolute Gasteiger partial charge is 0.244 e. The molecular formula is C17H29N5OS. The molecule has 2 N–H and O–H groups in total. The van der Waals surface area contributed by atoms with Crippen molar-refractivity contribution >= 4 is 23.2 Å². The number of carbonyl (C=O) groups excluding carboxylic acids is 1. The lowest BCUT2D eigenvalue weighted by molar-refractivity contribution is -0.130. The van der Waals surface area contributed by atoms with Crippen molar-refractivity contribution in [3.05, 3.63) is 15.6 Å². The molecular weight excluding hydrogens is 322 g/mol. The Labute approximate surface area is 148 Å². The molecule has 1 fully saturated rings. The summed E-state index contributed by atoms with van der Waals surface area (Å²) in [5, 5.41) is 7.62. The predicted molar refractivity (Wildman–Crippen MR) is 99.7 cm³/mol. The van der Waals surface area contributed by atoms with E-state index in [4.69, 9.17) is 0 Å². The number of nitrogens with one attached hydrogen (secondary N) is 2. The predicted octanol–water partition coefficient (Wildman–Crippen LogP) is 1.87. The number of aromatic nitrogens is 1. The van der Waals surface area contributed by atoms with Gasteiger partial charge in [-0.05, 0) is 40.0 Å². The third kappa shape index (κ3) is 5.78. The monoisotopic (exact) mass is 351 g/mol. The molecule has 0 spiro atoms. The summed E-state index contributed by atoms with van der Waals surface area (Å²) in [6.07, 6.45) is 4.32. The van der Waals surface area contributed by atoms with E-state index >= 15 is 0 Å². The maximum absolute atomic E-state index is 12.2. The SMILES string of the molecule is CCNC(=NCC(=O)N1CCCCC1)NCCc1nc(C)c(C)s1. The highest BCUT2D eigenvalue weighted by Gasteiger charge is 2.15. The van der Waals surface area contributed by atoms with Gasteiger partial charge in [0.15, 0.2) is 5.96 Å². The number of aliphatic imine (C=N–C) groups is 1. The van der Waals surface area contributed by atoms with Crippen LogP contribution in [-0.4, -0.2) is 54.5 Å². The van der Waals surface area contributed by atoms with E-state index in [-0.39, 0.29) is 12.5 Å². The molecule has 7 heteroatoms. The Morgan fingerprint density at radius 1 is 1.25 bits per heavy atom. The molecule has 1 aromatic rings. The first-order chi connectivity index (χ1) is 11.6. The van der Waals surface area contributed by atoms with Gasteiger partial charge in [-0.25, -0.2) is 9.98 Å². The number of guanidine groups is 1. The van der Waals surface area contributed by atoms with Crippen LogP contribution >= 0.6 is 11.3 Å². The number of piperidine rings is 1. The average molecular weight is 352 g/mol. The Bertz CT molecular complexity index is 544. The van der Waals surface area contributed by atoms with E-state index < -0.39 is 0 Å². The van der Waals surface area contributed by atoms with Crippen molar-refractivity contribution in [1.29, 1.82) is 0 Å². The van der Waals surface area contributed by atoms with Crippen LogP contribution in [0.1, 0.15) is 41.8 Å². The number of thiazole rings is 1. The maximum Gasteiger partial charge on any atom is 0.244 e. The summed E-state index contributed by atoms with van der Waals surface area (Å²) >= 11 is 1.74. The highest BCUT2D eigenvalue weighted by atomic mass is 32.1. The molecule has 1 saturated heterocycles. The summed E-state index contributed by atoms with van der Waals surface area (Å²) in [4.78, 5) is 24.4. The van der Waals surface area contributed by atoms with Crippen molar-refractivity contribution in [2.24, 2.45) is 4.99 Å². The highest BCUT2D eigenvalue weighted by molar-refractivity contribution is 7.11. The number of carbonyl (C=O) groups is 1. The maximum atomic E-state index is 12.2. The molecule has 0 atom stereocenters. The van der Waals surface area contributed by atoms with Gasteiger partial charge in [-0.2, -0.15) is 0 Å². The summed E-state index contributed by atoms with van der Waals surface area (Å²) in [6, 6.07) is 0. The number of amides is 1. The zero-order chi connectivity index (χ0) is 17.4. The second-order valence-corrected chi connectivity index (χ2v) is 7.35. The molecule has 24 heavy (non-hydrogen) atoms. The molecule has 1 amide bonds. The molecule has 1 aliphatic rings. The van der Waals surface area contributed by atoms with Crippen LogP contribution in [0.5, 0.6) is 0 Å². The molecule has 0 radical (unpaired) electrons. The molecule has 6 nitrogen and oxygen atoms in total. The van der Waals surface area contributed by atoms with E-state index in [1.165, 1.54) is 11.3 Å². The third-order valence-electron chi connectivity index (χ3n) is 4.13. The highest BCUT2D eigenvalue weighted by Crippen LogP contribution is 2.16. The number of nitrogens with zero attached hydrogens (tertiary/aromatic N) is 3. The number of hydrogen-bond acceptors (Lipinski definition) is 4. The van der Waals surface area contributed by atoms with E-state index in [0.717, 1.165) is 56.1 Å². The molecule has 0 unspecified atom stereocenters. The minimum absolute atomic E-state index is 0.123. The van der Waals surface area contributed by atoms with Crippen LogP contribution in [0.25, 0.3) is 0 Å². The zero-order valence-corrected chi connectivity index (χ0v) is 15.8. The number of aryl methyl sites for hydroxylation is 2. The van der Waals surface area contributed by atoms with E-state index in [1.807, 2.05) is 18.7 Å². The Morgan fingerprint density at radius 3 is 2.62 bits per heavy atom. The van der Waals surface area contributed by atoms with E-state index in [1.54, 1.807) is 11.3 Å². The van der Waals surface area contributed by atoms with Gasteiger partial charge < -0.3 is 15.5 Å². The molecule has 0 bridgehead atoms. The van der Waals surface area contributed by atoms with Crippen molar-refractivity contribution in [2.75, 3.05) is 32.7 Å². The van der Waals surface area contributed by atoms with Crippen molar-refractivity contribution in [3.8, 4) is 0 Å². The average Bonchev–Trinajstić information content (AvgIpc) is 2.91. The van der Waals surface area contributed by atoms with Gasteiger partial charge in [-0.15, -0.1) is 11.3 Å². The fourth-order valence-corrected chi connectivity index (χ4v) is 3.60. The summed E-state index contributed by atoms with van der Waals surface area (Å²) in [7, 11) is 0. The summed E-state index contributed by atoms with van der Waals surface area (Å²) in [5.41, 5.74) is 1.11. The number of rotatable bonds is 6. The quantitative estimate of drug-likeness (QED) is 0.606. The molecule has 0 saturated carbocycles. The van der Waals surface area contributed by atoms with Crippen LogP contribution in [0, 0.1) is 13.8 Å². The topological polar surface area (TPSA) is 69.6 Å². The van der Waals surface area contributed by atoms with Crippen molar-refractivity contribution < 1.29 is 4.79 Å². The molecule has 1 aliphatic heterocycles. The molecule has 2 heterocycles. The molecule has 134 valence electrons. The Morgan fingerprint density at radius 2 is 2.00 bits per heavy atom. The van der Waals surface area contributed by atoms with Crippen LogP contribution in [0.3, 0.4) is 0 Å². The Hall–Kier alpha value is -1.63. The second-order valence-electron chi connectivity index (χ2n) is 6.06. The minimum Gasteiger partial charge on any atom is -0.357 e. The summed E-state index contributed by atoms with van der Waals surface area (Å²) < 4.78 is 0. The lowest BCUT2D eigenvalue weighted by atomic mass is 10.1. The first kappa shape index (κ1) is 18.7. The van der Waals surface area contributed by atoms with Gasteiger partial charge in [0.25, 0.3) is 0 Å². The van der Waals surface area contributed by atoms with Gasteiger partial charge in [-0.3, -0.25) is 4.79 Å². The standard InChI is InChI=1S/C17H29N5OS/c1-4-18-17(19-9-8-15-21-13(2)14(3)24-15)20-12-16(23)22-10-6-5-7-11-22/h4-12H2,1-3H3,(H2,18,19,20). The normalized spacial score (nSPS) is 15.5.